The van der Waals surface area contributed by atoms with Crippen molar-refractivity contribution in [2.24, 2.45) is 17.8 Å². The van der Waals surface area contributed by atoms with Crippen molar-refractivity contribution in [3.63, 3.8) is 0 Å². The van der Waals surface area contributed by atoms with Crippen molar-refractivity contribution in [2.75, 3.05) is 19.8 Å². The molecule has 3 aliphatic carbocycles. The lowest BCUT2D eigenvalue weighted by Crippen LogP contribution is -2.38. The highest BCUT2D eigenvalue weighted by Crippen LogP contribution is 2.48. The number of hydrogen-bond donors (Lipinski definition) is 0. The van der Waals surface area contributed by atoms with E-state index in [1.165, 1.54) is 25.7 Å². The molecule has 1 aliphatic heterocycles. The minimum Gasteiger partial charge on any atom is -0.378 e. The van der Waals surface area contributed by atoms with Crippen LogP contribution in [-0.4, -0.2) is 31.7 Å². The fraction of sp³-hybridized carbons (Fsp3) is 1.00. The number of hydrogen-bond acceptors (Lipinski definition) is 3. The third-order valence-electron chi connectivity index (χ3n) is 5.94. The lowest BCUT2D eigenvalue weighted by atomic mass is 9.89. The van der Waals surface area contributed by atoms with E-state index in [4.69, 9.17) is 14.2 Å². The summed E-state index contributed by atoms with van der Waals surface area (Å²) in [4.78, 5) is 0. The molecule has 4 rings (SSSR count). The third-order valence-corrected chi connectivity index (χ3v) is 5.94. The maximum atomic E-state index is 6.21. The first-order chi connectivity index (χ1) is 9.33. The normalized spacial score (nSPS) is 41.4. The van der Waals surface area contributed by atoms with Crippen LogP contribution in [0.25, 0.3) is 0 Å². The molecule has 3 nitrogen and oxygen atoms in total. The van der Waals surface area contributed by atoms with Crippen LogP contribution in [-0.2, 0) is 14.2 Å². The predicted octanol–water partition coefficient (Wildman–Crippen LogP) is 3.12. The van der Waals surface area contributed by atoms with Gasteiger partial charge in [-0.2, -0.15) is 0 Å². The molecule has 4 aliphatic rings. The number of fused-ring (bicyclic) bond motifs is 2. The Kier molecular flexibility index (Phi) is 3.33. The molecule has 108 valence electrons. The van der Waals surface area contributed by atoms with E-state index in [2.05, 4.69) is 0 Å². The van der Waals surface area contributed by atoms with Crippen LogP contribution in [0.2, 0.25) is 0 Å². The predicted molar refractivity (Wildman–Crippen MR) is 71.8 cm³/mol. The van der Waals surface area contributed by atoms with Gasteiger partial charge in [-0.05, 0) is 49.9 Å². The van der Waals surface area contributed by atoms with Crippen LogP contribution in [0.3, 0.4) is 0 Å². The lowest BCUT2D eigenvalue weighted by Gasteiger charge is -2.36. The first-order valence-corrected chi connectivity index (χ1v) is 8.22. The molecule has 0 aromatic rings. The molecule has 3 heteroatoms. The molecular formula is C16H26O3. The molecule has 3 unspecified atom stereocenters. The Morgan fingerprint density at radius 1 is 0.947 bits per heavy atom. The van der Waals surface area contributed by atoms with E-state index in [9.17, 15) is 0 Å². The zero-order valence-electron chi connectivity index (χ0n) is 11.8. The molecule has 0 radical (unpaired) electrons. The monoisotopic (exact) mass is 266 g/mol. The largest absolute Gasteiger partial charge is 0.378 e. The van der Waals surface area contributed by atoms with Crippen LogP contribution in [0.5, 0.6) is 0 Å². The Balaban J connectivity index is 1.22. The fourth-order valence-electron chi connectivity index (χ4n) is 4.82. The van der Waals surface area contributed by atoms with Crippen molar-refractivity contribution in [1.29, 1.82) is 0 Å². The van der Waals surface area contributed by atoms with Crippen LogP contribution in [0.4, 0.5) is 0 Å². The highest BCUT2D eigenvalue weighted by Gasteiger charge is 2.42. The maximum Gasteiger partial charge on any atom is 0.168 e. The van der Waals surface area contributed by atoms with Gasteiger partial charge in [0.1, 0.15) is 0 Å². The Hall–Kier alpha value is -0.120. The van der Waals surface area contributed by atoms with Crippen molar-refractivity contribution in [2.45, 2.75) is 63.3 Å². The van der Waals surface area contributed by atoms with Crippen LogP contribution < -0.4 is 0 Å². The summed E-state index contributed by atoms with van der Waals surface area (Å²) in [5.74, 6) is 2.66. The van der Waals surface area contributed by atoms with Crippen molar-refractivity contribution in [3.8, 4) is 0 Å². The fourth-order valence-corrected chi connectivity index (χ4v) is 4.82. The molecule has 2 bridgehead atoms. The summed E-state index contributed by atoms with van der Waals surface area (Å²) in [6.07, 6.45) is 10.6. The van der Waals surface area contributed by atoms with E-state index in [-0.39, 0.29) is 5.79 Å². The lowest BCUT2D eigenvalue weighted by molar-refractivity contribution is -0.192. The van der Waals surface area contributed by atoms with E-state index in [0.717, 1.165) is 63.3 Å². The van der Waals surface area contributed by atoms with E-state index >= 15 is 0 Å². The van der Waals surface area contributed by atoms with Gasteiger partial charge in [0.2, 0.25) is 0 Å². The zero-order valence-corrected chi connectivity index (χ0v) is 11.8. The molecule has 4 fully saturated rings. The van der Waals surface area contributed by atoms with Crippen LogP contribution in [0, 0.1) is 17.8 Å². The summed E-state index contributed by atoms with van der Waals surface area (Å²) < 4.78 is 17.8. The zero-order chi connectivity index (χ0) is 12.7. The Bertz CT molecular complexity index is 314. The van der Waals surface area contributed by atoms with Crippen molar-refractivity contribution < 1.29 is 14.2 Å². The Morgan fingerprint density at radius 2 is 1.74 bits per heavy atom. The Labute approximate surface area is 116 Å². The van der Waals surface area contributed by atoms with Gasteiger partial charge in [0.15, 0.2) is 5.79 Å². The third kappa shape index (κ3) is 2.45. The number of rotatable bonds is 3. The number of ether oxygens (including phenoxy) is 3. The average Bonchev–Trinajstić information content (AvgIpc) is 3.15. The van der Waals surface area contributed by atoms with Gasteiger partial charge in [0, 0.05) is 12.8 Å². The van der Waals surface area contributed by atoms with Gasteiger partial charge in [0.05, 0.1) is 25.9 Å². The molecule has 1 spiro atoms. The molecule has 0 amide bonds. The Morgan fingerprint density at radius 3 is 2.37 bits per heavy atom. The average molecular weight is 266 g/mol. The molecule has 0 N–H and O–H groups in total. The standard InChI is InChI=1S/C16H26O3/c1-2-13-9-12(1)10-14(13)11-17-15-3-5-16(6-4-15)18-7-8-19-16/h12-15H,1-11H2. The second kappa shape index (κ2) is 5.01. The van der Waals surface area contributed by atoms with Gasteiger partial charge < -0.3 is 14.2 Å². The van der Waals surface area contributed by atoms with E-state index in [1.54, 1.807) is 0 Å². The smallest absolute Gasteiger partial charge is 0.168 e. The van der Waals surface area contributed by atoms with Gasteiger partial charge >= 0.3 is 0 Å². The molecule has 3 atom stereocenters. The molecule has 1 heterocycles. The second-order valence-electron chi connectivity index (χ2n) is 7.08. The molecule has 0 aromatic heterocycles. The van der Waals surface area contributed by atoms with Gasteiger partial charge in [-0.1, -0.05) is 6.42 Å². The molecule has 0 aromatic carbocycles. The summed E-state index contributed by atoms with van der Waals surface area (Å²) >= 11 is 0. The van der Waals surface area contributed by atoms with E-state index < -0.39 is 0 Å². The summed E-state index contributed by atoms with van der Waals surface area (Å²) in [6, 6.07) is 0. The summed E-state index contributed by atoms with van der Waals surface area (Å²) in [6.45, 7) is 2.56. The van der Waals surface area contributed by atoms with Gasteiger partial charge in [-0.15, -0.1) is 0 Å². The van der Waals surface area contributed by atoms with E-state index in [1.807, 2.05) is 0 Å². The second-order valence-corrected chi connectivity index (χ2v) is 7.08. The molecule has 3 saturated carbocycles. The SMILES string of the molecule is C1COC2(CCC(OCC3CC4CCC3C4)CC2)O1. The maximum absolute atomic E-state index is 6.21. The van der Waals surface area contributed by atoms with Gasteiger partial charge in [-0.25, -0.2) is 0 Å². The molecule has 19 heavy (non-hydrogen) atoms. The summed E-state index contributed by atoms with van der Waals surface area (Å²) in [7, 11) is 0. The molecule has 1 saturated heterocycles. The van der Waals surface area contributed by atoms with Crippen molar-refractivity contribution in [1.82, 2.24) is 0 Å². The summed E-state index contributed by atoms with van der Waals surface area (Å²) in [5, 5.41) is 0. The van der Waals surface area contributed by atoms with Crippen molar-refractivity contribution >= 4 is 0 Å². The van der Waals surface area contributed by atoms with Crippen LogP contribution in [0.15, 0.2) is 0 Å². The minimum absolute atomic E-state index is 0.230. The summed E-state index contributed by atoms with van der Waals surface area (Å²) in [5.41, 5.74) is 0. The quantitative estimate of drug-likeness (QED) is 0.785. The first kappa shape index (κ1) is 12.6. The highest BCUT2D eigenvalue weighted by atomic mass is 16.7. The van der Waals surface area contributed by atoms with Crippen molar-refractivity contribution in [3.05, 3.63) is 0 Å². The minimum atomic E-state index is -0.230. The highest BCUT2D eigenvalue weighted by molar-refractivity contribution is 4.90. The van der Waals surface area contributed by atoms with E-state index in [0.29, 0.717) is 6.10 Å². The van der Waals surface area contributed by atoms with Crippen LogP contribution in [0.1, 0.15) is 51.4 Å². The van der Waals surface area contributed by atoms with Crippen LogP contribution >= 0.6 is 0 Å². The molecular weight excluding hydrogens is 240 g/mol. The van der Waals surface area contributed by atoms with Gasteiger partial charge in [-0.3, -0.25) is 0 Å². The topological polar surface area (TPSA) is 27.7 Å². The van der Waals surface area contributed by atoms with Gasteiger partial charge in [0.25, 0.3) is 0 Å². The first-order valence-electron chi connectivity index (χ1n) is 8.22.